The van der Waals surface area contributed by atoms with E-state index in [1.54, 1.807) is 16.7 Å². The Hall–Kier alpha value is -2.98. The maximum absolute atomic E-state index is 13.9. The number of ether oxygens (including phenoxy) is 2. The summed E-state index contributed by atoms with van der Waals surface area (Å²) < 4.78 is 28.1. The fraction of sp³-hybridized carbons (Fsp3) is 0.259. The number of hydrogen-bond donors (Lipinski definition) is 3. The van der Waals surface area contributed by atoms with Crippen LogP contribution in [0.25, 0.3) is 16.7 Å². The van der Waals surface area contributed by atoms with Gasteiger partial charge in [0.1, 0.15) is 35.9 Å². The van der Waals surface area contributed by atoms with Crippen molar-refractivity contribution in [2.75, 3.05) is 13.1 Å². The van der Waals surface area contributed by atoms with Crippen molar-refractivity contribution in [3.8, 4) is 17.2 Å². The Morgan fingerprint density at radius 2 is 1.97 bits per heavy atom. The van der Waals surface area contributed by atoms with Crippen molar-refractivity contribution in [1.29, 1.82) is 0 Å². The predicted molar refractivity (Wildman–Crippen MR) is 149 cm³/mol. The first-order valence-corrected chi connectivity index (χ1v) is 13.2. The van der Waals surface area contributed by atoms with E-state index in [1.165, 1.54) is 18.5 Å². The van der Waals surface area contributed by atoms with Crippen molar-refractivity contribution >= 4 is 52.8 Å². The number of piperidine rings is 1. The topological polar surface area (TPSA) is 91.4 Å². The van der Waals surface area contributed by atoms with Gasteiger partial charge in [0.25, 0.3) is 0 Å². The summed E-state index contributed by atoms with van der Waals surface area (Å²) in [4.78, 5) is 16.8. The summed E-state index contributed by atoms with van der Waals surface area (Å²) in [6.07, 6.45) is 2.87. The van der Waals surface area contributed by atoms with Crippen LogP contribution in [0, 0.1) is 5.82 Å². The molecule has 0 aliphatic carbocycles. The van der Waals surface area contributed by atoms with Gasteiger partial charge in [-0.1, -0.05) is 35.3 Å². The van der Waals surface area contributed by atoms with E-state index in [-0.39, 0.29) is 21.6 Å². The van der Waals surface area contributed by atoms with Crippen molar-refractivity contribution in [2.45, 2.75) is 36.9 Å². The van der Waals surface area contributed by atoms with Gasteiger partial charge in [0, 0.05) is 17.7 Å². The third-order valence-electron chi connectivity index (χ3n) is 6.51. The number of nitrogens with zero attached hydrogens (tertiary/aromatic N) is 2. The smallest absolute Gasteiger partial charge is 0.250 e. The zero-order valence-electron chi connectivity index (χ0n) is 20.4. The van der Waals surface area contributed by atoms with Crippen molar-refractivity contribution in [3.05, 3.63) is 75.8 Å². The lowest BCUT2D eigenvalue weighted by molar-refractivity contribution is 0.0996. The predicted octanol–water partition coefficient (Wildman–Crippen LogP) is 6.13. The number of amides is 1. The van der Waals surface area contributed by atoms with Crippen LogP contribution in [-0.4, -0.2) is 34.7 Å². The zero-order valence-corrected chi connectivity index (χ0v) is 22.8. The number of aromatic nitrogens is 2. The highest BCUT2D eigenvalue weighted by molar-refractivity contribution is 7.80. The van der Waals surface area contributed by atoms with Gasteiger partial charge in [-0.3, -0.25) is 9.36 Å². The molecule has 0 bridgehead atoms. The highest BCUT2D eigenvalue weighted by Crippen LogP contribution is 2.38. The fourth-order valence-corrected chi connectivity index (χ4v) is 5.27. The number of hydrogen-bond acceptors (Lipinski definition) is 6. The molecule has 0 unspecified atom stereocenters. The Morgan fingerprint density at radius 1 is 1.21 bits per heavy atom. The molecular formula is C27H25Cl2FN4O3S. The third kappa shape index (κ3) is 5.29. The number of primary amides is 1. The fourth-order valence-electron chi connectivity index (χ4n) is 4.50. The monoisotopic (exact) mass is 574 g/mol. The maximum Gasteiger partial charge on any atom is 0.250 e. The van der Waals surface area contributed by atoms with E-state index < -0.39 is 17.8 Å². The van der Waals surface area contributed by atoms with Crippen LogP contribution in [0.4, 0.5) is 4.39 Å². The van der Waals surface area contributed by atoms with Crippen LogP contribution in [-0.2, 0) is 0 Å². The number of fused-ring (bicyclic) bond motifs is 1. The number of imidazole rings is 1. The minimum absolute atomic E-state index is 0.0495. The lowest BCUT2D eigenvalue weighted by Crippen LogP contribution is -2.34. The SMILES string of the molecule is C[C@@H](Oc1cc(-n2cnc3cc(F)c(Cl)cc32)cc(C(N)=O)c1S)c1cccc(OC2CCNCC2)c1Cl. The molecule has 1 aliphatic heterocycles. The van der Waals surface area contributed by atoms with E-state index in [0.717, 1.165) is 25.9 Å². The molecule has 198 valence electrons. The number of rotatable bonds is 7. The van der Waals surface area contributed by atoms with E-state index in [4.69, 9.17) is 38.4 Å². The minimum atomic E-state index is -0.682. The third-order valence-corrected chi connectivity index (χ3v) is 7.66. The molecule has 0 radical (unpaired) electrons. The van der Waals surface area contributed by atoms with Gasteiger partial charge in [-0.2, -0.15) is 0 Å². The van der Waals surface area contributed by atoms with Gasteiger partial charge in [0.15, 0.2) is 0 Å². The van der Waals surface area contributed by atoms with Gasteiger partial charge < -0.3 is 20.5 Å². The summed E-state index contributed by atoms with van der Waals surface area (Å²) in [6, 6.07) is 11.6. The van der Waals surface area contributed by atoms with Crippen molar-refractivity contribution in [1.82, 2.24) is 14.9 Å². The Labute approximate surface area is 234 Å². The Morgan fingerprint density at radius 3 is 2.71 bits per heavy atom. The summed E-state index contributed by atoms with van der Waals surface area (Å²) in [7, 11) is 0. The molecular weight excluding hydrogens is 550 g/mol. The van der Waals surface area contributed by atoms with Crippen LogP contribution in [0.3, 0.4) is 0 Å². The van der Waals surface area contributed by atoms with Gasteiger partial charge in [0.2, 0.25) is 5.91 Å². The van der Waals surface area contributed by atoms with Crippen LogP contribution >= 0.6 is 35.8 Å². The number of thiol groups is 1. The first-order chi connectivity index (χ1) is 18.2. The first kappa shape index (κ1) is 26.6. The minimum Gasteiger partial charge on any atom is -0.489 e. The quantitative estimate of drug-likeness (QED) is 0.231. The summed E-state index contributed by atoms with van der Waals surface area (Å²) >= 11 is 17.3. The molecule has 1 aromatic heterocycles. The van der Waals surface area contributed by atoms with Gasteiger partial charge >= 0.3 is 0 Å². The highest BCUT2D eigenvalue weighted by atomic mass is 35.5. The molecule has 0 saturated carbocycles. The number of carbonyl (C=O) groups is 1. The standard InChI is InChI=1S/C27H25Cl2FN4O3S/c1-14(17-3-2-4-23(25(17)29)37-16-5-7-32-8-6-16)36-24-10-15(9-18(26(24)38)27(31)35)34-13-33-21-12-20(30)19(28)11-22(21)34/h2-4,9-14,16,32,38H,5-8H2,1H3,(H2,31,35)/t14-/m1/s1. The average molecular weight is 575 g/mol. The molecule has 1 aliphatic rings. The molecule has 11 heteroatoms. The van der Waals surface area contributed by atoms with E-state index in [0.29, 0.717) is 38.8 Å². The molecule has 2 heterocycles. The number of benzene rings is 3. The van der Waals surface area contributed by atoms with Gasteiger partial charge in [-0.25, -0.2) is 9.37 Å². The Bertz CT molecular complexity index is 1520. The lowest BCUT2D eigenvalue weighted by atomic mass is 10.1. The zero-order chi connectivity index (χ0) is 27.0. The molecule has 38 heavy (non-hydrogen) atoms. The molecule has 5 rings (SSSR count). The summed E-state index contributed by atoms with van der Waals surface area (Å²) in [6.45, 7) is 3.64. The van der Waals surface area contributed by atoms with E-state index in [2.05, 4.69) is 22.9 Å². The molecule has 1 saturated heterocycles. The van der Waals surface area contributed by atoms with E-state index >= 15 is 0 Å². The molecule has 0 spiro atoms. The van der Waals surface area contributed by atoms with Crippen LogP contribution in [0.2, 0.25) is 10.0 Å². The normalized spacial score (nSPS) is 15.0. The number of halogens is 3. The van der Waals surface area contributed by atoms with Crippen LogP contribution < -0.4 is 20.5 Å². The number of carbonyl (C=O) groups excluding carboxylic acids is 1. The number of nitrogens with two attached hydrogens (primary N) is 1. The lowest BCUT2D eigenvalue weighted by Gasteiger charge is -2.25. The van der Waals surface area contributed by atoms with Gasteiger partial charge in [0.05, 0.1) is 37.2 Å². The highest BCUT2D eigenvalue weighted by Gasteiger charge is 2.22. The van der Waals surface area contributed by atoms with Crippen molar-refractivity contribution < 1.29 is 18.7 Å². The Kier molecular flexibility index (Phi) is 7.72. The second-order valence-corrected chi connectivity index (χ2v) is 10.3. The molecule has 3 N–H and O–H groups in total. The largest absolute Gasteiger partial charge is 0.489 e. The van der Waals surface area contributed by atoms with Gasteiger partial charge in [-0.05, 0) is 51.1 Å². The Balaban J connectivity index is 1.49. The number of nitrogens with one attached hydrogen (secondary N) is 1. The second-order valence-electron chi connectivity index (χ2n) is 9.06. The summed E-state index contributed by atoms with van der Waals surface area (Å²) in [5, 5.41) is 3.73. The molecule has 1 fully saturated rings. The van der Waals surface area contributed by atoms with Crippen molar-refractivity contribution in [2.24, 2.45) is 5.73 Å². The molecule has 4 aromatic rings. The van der Waals surface area contributed by atoms with Crippen LogP contribution in [0.15, 0.2) is 53.7 Å². The molecule has 3 aromatic carbocycles. The van der Waals surface area contributed by atoms with Crippen molar-refractivity contribution in [3.63, 3.8) is 0 Å². The van der Waals surface area contributed by atoms with E-state index in [1.807, 2.05) is 25.1 Å². The second kappa shape index (κ2) is 11.0. The van der Waals surface area contributed by atoms with Gasteiger partial charge in [-0.15, -0.1) is 12.6 Å². The summed E-state index contributed by atoms with van der Waals surface area (Å²) in [5.41, 5.74) is 7.98. The molecule has 7 nitrogen and oxygen atoms in total. The first-order valence-electron chi connectivity index (χ1n) is 12.0. The van der Waals surface area contributed by atoms with E-state index in [9.17, 15) is 9.18 Å². The average Bonchev–Trinajstić information content (AvgIpc) is 3.29. The molecule has 1 amide bonds. The summed E-state index contributed by atoms with van der Waals surface area (Å²) in [5.74, 6) is -0.353. The maximum atomic E-state index is 13.9. The van der Waals surface area contributed by atoms with Crippen LogP contribution in [0.5, 0.6) is 11.5 Å². The molecule has 1 atom stereocenters. The van der Waals surface area contributed by atoms with Crippen LogP contribution in [0.1, 0.15) is 41.8 Å².